The van der Waals surface area contributed by atoms with Crippen molar-refractivity contribution in [2.45, 2.75) is 38.7 Å². The highest BCUT2D eigenvalue weighted by Crippen LogP contribution is 2.25. The van der Waals surface area contributed by atoms with Crippen LogP contribution in [0.2, 0.25) is 0 Å². The van der Waals surface area contributed by atoms with Gasteiger partial charge in [0.1, 0.15) is 0 Å². The lowest BCUT2D eigenvalue weighted by Crippen LogP contribution is -2.41. The van der Waals surface area contributed by atoms with Crippen molar-refractivity contribution in [1.29, 1.82) is 0 Å². The van der Waals surface area contributed by atoms with E-state index in [1.54, 1.807) is 4.90 Å². The first-order chi connectivity index (χ1) is 13.0. The number of benzene rings is 2. The number of hydrogen-bond acceptors (Lipinski definition) is 2. The molecule has 1 aliphatic heterocycles. The summed E-state index contributed by atoms with van der Waals surface area (Å²) in [5, 5.41) is 10.5. The third-order valence-corrected chi connectivity index (χ3v) is 5.45. The lowest BCUT2D eigenvalue weighted by atomic mass is 9.88. The summed E-state index contributed by atoms with van der Waals surface area (Å²) in [4.78, 5) is 14.1. The number of aryl methyl sites for hydroxylation is 2. The predicted octanol–water partition coefficient (Wildman–Crippen LogP) is 4.12. The van der Waals surface area contributed by atoms with Gasteiger partial charge in [-0.25, -0.2) is 8.78 Å². The molecular weight excluding hydrogens is 348 g/mol. The molecule has 27 heavy (non-hydrogen) atoms. The normalized spacial score (nSPS) is 16.4. The molecule has 0 radical (unpaired) electrons. The fourth-order valence-electron chi connectivity index (χ4n) is 3.66. The zero-order chi connectivity index (χ0) is 19.4. The first-order valence-corrected chi connectivity index (χ1v) is 9.43. The Bertz CT molecular complexity index is 786. The molecule has 3 nitrogen and oxygen atoms in total. The predicted molar refractivity (Wildman–Crippen MR) is 100 cm³/mol. The van der Waals surface area contributed by atoms with E-state index < -0.39 is 23.6 Å². The summed E-state index contributed by atoms with van der Waals surface area (Å²) in [6.45, 7) is 2.36. The van der Waals surface area contributed by atoms with Gasteiger partial charge < -0.3 is 10.0 Å². The molecule has 1 heterocycles. The quantitative estimate of drug-likeness (QED) is 0.857. The van der Waals surface area contributed by atoms with Gasteiger partial charge in [-0.2, -0.15) is 0 Å². The number of carbonyl (C=O) groups is 1. The van der Waals surface area contributed by atoms with E-state index in [0.29, 0.717) is 32.4 Å². The molecule has 1 saturated heterocycles. The number of likely N-dealkylation sites (tertiary alicyclic amines) is 1. The number of aliphatic hydroxyl groups excluding tert-OH is 1. The van der Waals surface area contributed by atoms with Crippen molar-refractivity contribution < 1.29 is 18.7 Å². The smallest absolute Gasteiger partial charge is 0.256 e. The van der Waals surface area contributed by atoms with Crippen LogP contribution in [0.5, 0.6) is 0 Å². The van der Waals surface area contributed by atoms with Crippen molar-refractivity contribution in [1.82, 2.24) is 4.90 Å². The Kier molecular flexibility index (Phi) is 6.22. The standard InChI is InChI=1S/C22H25F2NO2/c1-15-7-9-18(21(24)20(15)23)22(27)25-13-11-17(12-14-25)19(26)10-8-16-5-3-2-4-6-16/h2-7,9,17,19,26H,8,10-14H2,1H3. The minimum absolute atomic E-state index is 0.123. The second-order valence-electron chi connectivity index (χ2n) is 7.28. The number of carbonyl (C=O) groups excluding carboxylic acids is 1. The molecule has 1 amide bonds. The minimum atomic E-state index is -1.08. The number of nitrogens with zero attached hydrogens (tertiary/aromatic N) is 1. The number of piperidine rings is 1. The highest BCUT2D eigenvalue weighted by Gasteiger charge is 2.29. The van der Waals surface area contributed by atoms with Crippen molar-refractivity contribution >= 4 is 5.91 Å². The van der Waals surface area contributed by atoms with Gasteiger partial charge in [0.2, 0.25) is 0 Å². The Balaban J connectivity index is 1.54. The van der Waals surface area contributed by atoms with Crippen LogP contribution in [0, 0.1) is 24.5 Å². The Labute approximate surface area is 158 Å². The van der Waals surface area contributed by atoms with Gasteiger partial charge in [-0.3, -0.25) is 4.79 Å². The van der Waals surface area contributed by atoms with Crippen LogP contribution >= 0.6 is 0 Å². The third kappa shape index (κ3) is 4.53. The number of halogens is 2. The number of rotatable bonds is 5. The molecule has 2 aromatic carbocycles. The maximum absolute atomic E-state index is 14.1. The first kappa shape index (κ1) is 19.5. The largest absolute Gasteiger partial charge is 0.393 e. The summed E-state index contributed by atoms with van der Waals surface area (Å²) in [5.74, 6) is -2.40. The molecule has 0 bridgehead atoms. The molecular formula is C22H25F2NO2. The van der Waals surface area contributed by atoms with Crippen molar-refractivity contribution in [2.75, 3.05) is 13.1 Å². The number of aliphatic hydroxyl groups is 1. The van der Waals surface area contributed by atoms with Crippen molar-refractivity contribution in [3.05, 3.63) is 70.8 Å². The zero-order valence-electron chi connectivity index (χ0n) is 15.5. The average Bonchev–Trinajstić information content (AvgIpc) is 2.71. The van der Waals surface area contributed by atoms with Gasteiger partial charge in [0.15, 0.2) is 11.6 Å². The lowest BCUT2D eigenvalue weighted by Gasteiger charge is -2.34. The van der Waals surface area contributed by atoms with Gasteiger partial charge in [-0.05, 0) is 55.7 Å². The Morgan fingerprint density at radius 3 is 2.44 bits per heavy atom. The zero-order valence-corrected chi connectivity index (χ0v) is 15.5. The van der Waals surface area contributed by atoms with Gasteiger partial charge in [0.05, 0.1) is 11.7 Å². The molecule has 1 unspecified atom stereocenters. The highest BCUT2D eigenvalue weighted by molar-refractivity contribution is 5.94. The monoisotopic (exact) mass is 373 g/mol. The SMILES string of the molecule is Cc1ccc(C(=O)N2CCC(C(O)CCc3ccccc3)CC2)c(F)c1F. The summed E-state index contributed by atoms with van der Waals surface area (Å²) in [6, 6.07) is 12.8. The molecule has 144 valence electrons. The fraction of sp³-hybridized carbons (Fsp3) is 0.409. The molecule has 1 fully saturated rings. The van der Waals surface area contributed by atoms with Gasteiger partial charge in [0, 0.05) is 13.1 Å². The van der Waals surface area contributed by atoms with Crippen LogP contribution in [0.4, 0.5) is 8.78 Å². The Morgan fingerprint density at radius 1 is 1.11 bits per heavy atom. The van der Waals surface area contributed by atoms with E-state index >= 15 is 0 Å². The van der Waals surface area contributed by atoms with E-state index in [9.17, 15) is 18.7 Å². The Morgan fingerprint density at radius 2 is 1.78 bits per heavy atom. The minimum Gasteiger partial charge on any atom is -0.393 e. The molecule has 3 rings (SSSR count). The highest BCUT2D eigenvalue weighted by atomic mass is 19.2. The molecule has 1 N–H and O–H groups in total. The van der Waals surface area contributed by atoms with Crippen molar-refractivity contribution in [3.8, 4) is 0 Å². The van der Waals surface area contributed by atoms with Crippen LogP contribution in [0.3, 0.4) is 0 Å². The summed E-state index contributed by atoms with van der Waals surface area (Å²) in [5.41, 5.74) is 1.16. The summed E-state index contributed by atoms with van der Waals surface area (Å²) >= 11 is 0. The summed E-state index contributed by atoms with van der Waals surface area (Å²) in [7, 11) is 0. The summed E-state index contributed by atoms with van der Waals surface area (Å²) < 4.78 is 27.8. The van der Waals surface area contributed by atoms with Crippen LogP contribution in [0.15, 0.2) is 42.5 Å². The van der Waals surface area contributed by atoms with Gasteiger partial charge >= 0.3 is 0 Å². The van der Waals surface area contributed by atoms with Crippen LogP contribution in [-0.2, 0) is 6.42 Å². The molecule has 5 heteroatoms. The van der Waals surface area contributed by atoms with Gasteiger partial charge in [-0.15, -0.1) is 0 Å². The topological polar surface area (TPSA) is 40.5 Å². The van der Waals surface area contributed by atoms with Crippen LogP contribution in [0.1, 0.15) is 40.7 Å². The van der Waals surface area contributed by atoms with Crippen molar-refractivity contribution in [3.63, 3.8) is 0 Å². The van der Waals surface area contributed by atoms with E-state index in [1.807, 2.05) is 30.3 Å². The molecule has 0 aliphatic carbocycles. The van der Waals surface area contributed by atoms with E-state index in [-0.39, 0.29) is 17.0 Å². The molecule has 0 spiro atoms. The lowest BCUT2D eigenvalue weighted by molar-refractivity contribution is 0.0433. The maximum Gasteiger partial charge on any atom is 0.256 e. The Hall–Kier alpha value is -2.27. The average molecular weight is 373 g/mol. The third-order valence-electron chi connectivity index (χ3n) is 5.45. The van der Waals surface area contributed by atoms with Crippen LogP contribution in [0.25, 0.3) is 0 Å². The van der Waals surface area contributed by atoms with Gasteiger partial charge in [-0.1, -0.05) is 36.4 Å². The van der Waals surface area contributed by atoms with Crippen molar-refractivity contribution in [2.24, 2.45) is 5.92 Å². The second-order valence-corrected chi connectivity index (χ2v) is 7.28. The van der Waals surface area contributed by atoms with Crippen LogP contribution < -0.4 is 0 Å². The van der Waals surface area contributed by atoms with E-state index in [4.69, 9.17) is 0 Å². The molecule has 1 atom stereocenters. The molecule has 1 aliphatic rings. The molecule has 2 aromatic rings. The van der Waals surface area contributed by atoms with Crippen LogP contribution in [-0.4, -0.2) is 35.1 Å². The number of amides is 1. The maximum atomic E-state index is 14.1. The first-order valence-electron chi connectivity index (χ1n) is 9.43. The van der Waals surface area contributed by atoms with E-state index in [1.165, 1.54) is 24.6 Å². The van der Waals surface area contributed by atoms with Gasteiger partial charge in [0.25, 0.3) is 5.91 Å². The molecule has 0 aromatic heterocycles. The summed E-state index contributed by atoms with van der Waals surface area (Å²) in [6.07, 6.45) is 2.40. The molecule has 0 saturated carbocycles. The fourth-order valence-corrected chi connectivity index (χ4v) is 3.66. The van der Waals surface area contributed by atoms with E-state index in [2.05, 4.69) is 0 Å². The second kappa shape index (κ2) is 8.61. The van der Waals surface area contributed by atoms with E-state index in [0.717, 1.165) is 6.42 Å². The number of hydrogen-bond donors (Lipinski definition) is 1.